The van der Waals surface area contributed by atoms with Crippen molar-refractivity contribution >= 4 is 34.7 Å². The van der Waals surface area contributed by atoms with E-state index < -0.39 is 58.3 Å². The molecule has 0 aromatic heterocycles. The number of phenolic OH excluding ortho intramolecular Hbond substituents is 1. The van der Waals surface area contributed by atoms with Gasteiger partial charge >= 0.3 is 0 Å². The largest absolute Gasteiger partial charge is 0.507 e. The number of nitrogens with one attached hydrogen (secondary N) is 1. The molecule has 0 heterocycles. The van der Waals surface area contributed by atoms with Gasteiger partial charge in [-0.1, -0.05) is 12.1 Å². The van der Waals surface area contributed by atoms with Crippen LogP contribution in [0.5, 0.6) is 11.5 Å². The number of hydrogen-bond acceptors (Lipinski definition) is 10. The first-order valence-corrected chi connectivity index (χ1v) is 13.5. The van der Waals surface area contributed by atoms with Crippen LogP contribution in [0, 0.1) is 23.7 Å². The minimum atomic E-state index is -2.67. The molecule has 41 heavy (non-hydrogen) atoms. The summed E-state index contributed by atoms with van der Waals surface area (Å²) in [6.07, 6.45) is -0.0850. The number of phenols is 1. The van der Waals surface area contributed by atoms with Crippen LogP contribution in [0.15, 0.2) is 30.3 Å². The third kappa shape index (κ3) is 4.49. The van der Waals surface area contributed by atoms with Crippen molar-refractivity contribution in [2.45, 2.75) is 38.0 Å². The summed E-state index contributed by atoms with van der Waals surface area (Å²) in [5.41, 5.74) is 5.22. The molecule has 5 atom stereocenters. The van der Waals surface area contributed by atoms with Crippen molar-refractivity contribution in [3.8, 4) is 11.5 Å². The van der Waals surface area contributed by atoms with Crippen LogP contribution in [-0.4, -0.2) is 66.1 Å². The molecule has 0 spiro atoms. The average Bonchev–Trinajstić information content (AvgIpc) is 2.91. The molecule has 2 fully saturated rings. The Labute approximate surface area is 236 Å². The van der Waals surface area contributed by atoms with Crippen LogP contribution in [0.4, 0.5) is 5.69 Å². The molecule has 2 aromatic rings. The highest BCUT2D eigenvalue weighted by Crippen LogP contribution is 2.51. The van der Waals surface area contributed by atoms with Gasteiger partial charge in [-0.05, 0) is 48.1 Å². The van der Waals surface area contributed by atoms with E-state index in [9.17, 15) is 34.2 Å². The van der Waals surface area contributed by atoms with Crippen molar-refractivity contribution in [1.29, 1.82) is 0 Å². The minimum absolute atomic E-state index is 0.0168. The normalized spacial score (nSPS) is 27.1. The van der Waals surface area contributed by atoms with Gasteiger partial charge in [-0.15, -0.1) is 0 Å². The maximum absolute atomic E-state index is 14.0. The minimum Gasteiger partial charge on any atom is -0.507 e. The van der Waals surface area contributed by atoms with Crippen LogP contribution in [0.25, 0.3) is 0 Å². The lowest BCUT2D eigenvalue weighted by Gasteiger charge is -2.48. The van der Waals surface area contributed by atoms with Crippen molar-refractivity contribution < 1.29 is 38.9 Å². The van der Waals surface area contributed by atoms with E-state index in [1.165, 1.54) is 0 Å². The van der Waals surface area contributed by atoms with Gasteiger partial charge in [0.25, 0.3) is 0 Å². The van der Waals surface area contributed by atoms with E-state index in [-0.39, 0.29) is 37.1 Å². The lowest BCUT2D eigenvalue weighted by molar-refractivity contribution is -0.175. The monoisotopic (exact) mass is 563 g/mol. The number of methoxy groups -OCH3 is 1. The number of aliphatic hydroxyl groups is 1. The number of amides is 1. The van der Waals surface area contributed by atoms with E-state index in [1.807, 2.05) is 43.3 Å². The van der Waals surface area contributed by atoms with E-state index >= 15 is 0 Å². The molecule has 0 saturated heterocycles. The Hall–Kier alpha value is -4.09. The number of rotatable bonds is 7. The quantitative estimate of drug-likeness (QED) is 0.351. The van der Waals surface area contributed by atoms with Gasteiger partial charge in [0.15, 0.2) is 34.7 Å². The predicted octanol–water partition coefficient (Wildman–Crippen LogP) is 0.691. The van der Waals surface area contributed by atoms with Crippen LogP contribution >= 0.6 is 0 Å². The number of fused-ring (bicyclic) bond motifs is 3. The number of ketones is 4. The number of ether oxygens (including phenoxy) is 1. The Bertz CT molecular complexity index is 1480. The van der Waals surface area contributed by atoms with E-state index in [4.69, 9.17) is 10.5 Å². The molecule has 3 aliphatic rings. The number of primary amides is 1. The van der Waals surface area contributed by atoms with Gasteiger partial charge in [0.1, 0.15) is 11.5 Å². The summed E-state index contributed by atoms with van der Waals surface area (Å²) >= 11 is 0. The number of nitrogens with two attached hydrogens (primary N) is 1. The highest BCUT2D eigenvalue weighted by atomic mass is 16.5. The molecule has 11 heteroatoms. The summed E-state index contributed by atoms with van der Waals surface area (Å²) in [6, 6.07) is 9.30. The van der Waals surface area contributed by atoms with E-state index in [2.05, 4.69) is 5.32 Å². The van der Waals surface area contributed by atoms with Crippen molar-refractivity contribution in [2.75, 3.05) is 26.1 Å². The van der Waals surface area contributed by atoms with E-state index in [0.29, 0.717) is 29.1 Å². The second-order valence-corrected chi connectivity index (χ2v) is 11.3. The number of benzene rings is 2. The maximum Gasteiger partial charge on any atom is 0.235 e. The Morgan fingerprint density at radius 1 is 1.12 bits per heavy atom. The molecule has 2 saturated carbocycles. The van der Waals surface area contributed by atoms with Crippen molar-refractivity contribution in [2.24, 2.45) is 29.4 Å². The smallest absolute Gasteiger partial charge is 0.235 e. The summed E-state index contributed by atoms with van der Waals surface area (Å²) in [4.78, 5) is 67.1. The number of aromatic hydroxyl groups is 1. The number of Topliss-reactive ketones (excluding diaryl/α,β-unsaturated/α-hetero) is 4. The average molecular weight is 564 g/mol. The molecular weight excluding hydrogens is 530 g/mol. The zero-order valence-corrected chi connectivity index (χ0v) is 23.1. The first-order chi connectivity index (χ1) is 19.4. The first-order valence-electron chi connectivity index (χ1n) is 13.5. The van der Waals surface area contributed by atoms with Crippen molar-refractivity contribution in [3.63, 3.8) is 0 Å². The second kappa shape index (κ2) is 10.4. The third-order valence-electron chi connectivity index (χ3n) is 8.72. The molecule has 11 nitrogen and oxygen atoms in total. The summed E-state index contributed by atoms with van der Waals surface area (Å²) in [5.74, 6) is -9.50. The molecule has 0 bridgehead atoms. The molecule has 0 radical (unpaired) electrons. The fraction of sp³-hybridized carbons (Fsp3) is 0.433. The fourth-order valence-corrected chi connectivity index (χ4v) is 6.73. The molecule has 1 amide bonds. The summed E-state index contributed by atoms with van der Waals surface area (Å²) in [5, 5.41) is 26.0. The maximum atomic E-state index is 14.0. The van der Waals surface area contributed by atoms with Crippen LogP contribution in [0.3, 0.4) is 0 Å². The molecule has 5 rings (SSSR count). The van der Waals surface area contributed by atoms with Gasteiger partial charge in [-0.25, -0.2) is 0 Å². The van der Waals surface area contributed by atoms with Crippen LogP contribution < -0.4 is 20.7 Å². The molecule has 216 valence electrons. The Morgan fingerprint density at radius 3 is 2.51 bits per heavy atom. The SMILES string of the molecule is COc1cccc(CNCc2cc(N(C)C)c3c(c2O)C(=O)C2C(=O)[C@]4(O)C(=O)C(C(N)=O)C(=O)C[C@@H]4C[C@@H]2C3)c1. The van der Waals surface area contributed by atoms with Crippen LogP contribution in [0.2, 0.25) is 0 Å². The number of anilines is 1. The Balaban J connectivity index is 1.49. The van der Waals surface area contributed by atoms with Gasteiger partial charge in [0.05, 0.1) is 18.6 Å². The predicted molar refractivity (Wildman–Crippen MR) is 146 cm³/mol. The van der Waals surface area contributed by atoms with Crippen LogP contribution in [-0.2, 0) is 38.7 Å². The molecular formula is C30H33N3O8. The molecule has 0 aliphatic heterocycles. The van der Waals surface area contributed by atoms with Crippen molar-refractivity contribution in [3.05, 3.63) is 52.6 Å². The van der Waals surface area contributed by atoms with Gasteiger partial charge in [0.2, 0.25) is 5.91 Å². The Kier molecular flexibility index (Phi) is 7.20. The number of carbonyl (C=O) groups is 5. The van der Waals surface area contributed by atoms with Gasteiger partial charge < -0.3 is 30.9 Å². The highest BCUT2D eigenvalue weighted by Gasteiger charge is 2.66. The molecule has 2 aromatic carbocycles. The van der Waals surface area contributed by atoms with Gasteiger partial charge in [0, 0.05) is 50.8 Å². The summed E-state index contributed by atoms with van der Waals surface area (Å²) < 4.78 is 5.26. The fourth-order valence-electron chi connectivity index (χ4n) is 6.73. The Morgan fingerprint density at radius 2 is 1.85 bits per heavy atom. The van der Waals surface area contributed by atoms with Gasteiger partial charge in [-0.2, -0.15) is 0 Å². The zero-order chi connectivity index (χ0) is 29.8. The van der Waals surface area contributed by atoms with Crippen LogP contribution in [0.1, 0.15) is 39.9 Å². The highest BCUT2D eigenvalue weighted by molar-refractivity contribution is 6.31. The number of nitrogens with zero attached hydrogens (tertiary/aromatic N) is 1. The van der Waals surface area contributed by atoms with Crippen molar-refractivity contribution in [1.82, 2.24) is 5.32 Å². The summed E-state index contributed by atoms with van der Waals surface area (Å²) in [7, 11) is 5.20. The molecule has 2 unspecified atom stereocenters. The lowest BCUT2D eigenvalue weighted by Crippen LogP contribution is -2.68. The topological polar surface area (TPSA) is 176 Å². The summed E-state index contributed by atoms with van der Waals surface area (Å²) in [6.45, 7) is 0.665. The number of hydrogen-bond donors (Lipinski definition) is 4. The zero-order valence-electron chi connectivity index (χ0n) is 23.1. The molecule has 5 N–H and O–H groups in total. The first kappa shape index (κ1) is 28.4. The molecule has 3 aliphatic carbocycles. The lowest BCUT2D eigenvalue weighted by atomic mass is 9.53. The second-order valence-electron chi connectivity index (χ2n) is 11.3. The van der Waals surface area contributed by atoms with Gasteiger partial charge in [-0.3, -0.25) is 24.0 Å². The van der Waals surface area contributed by atoms with E-state index in [1.54, 1.807) is 13.2 Å². The van der Waals surface area contributed by atoms with E-state index in [0.717, 1.165) is 5.56 Å². The third-order valence-corrected chi connectivity index (χ3v) is 8.72. The standard InChI is InChI=1S/C30H33N3O8/c1-33(2)20-10-16(13-32-12-14-5-4-6-18(7-14)41-3)25(35)23-19(20)9-15-8-17-11-21(34)24(29(31)39)28(38)30(17,40)27(37)22(15)26(23)36/h4-7,10,15,17,22,24,32,35,40H,8-9,11-13H2,1-3H3,(H2,31,39)/t15-,17+,22?,24?,30+/m1/s1. The number of carbonyl (C=O) groups excluding carboxylic acids is 5.